The number of hydrogen-bond acceptors (Lipinski definition) is 3. The van der Waals surface area contributed by atoms with E-state index < -0.39 is 0 Å². The van der Waals surface area contributed by atoms with Gasteiger partial charge in [-0.2, -0.15) is 0 Å². The number of aromatic nitrogens is 2. The number of hydrogen-bond donors (Lipinski definition) is 1. The molecule has 3 rings (SSSR count). The molecule has 1 fully saturated rings. The quantitative estimate of drug-likeness (QED) is 0.929. The maximum atomic E-state index is 6.14. The van der Waals surface area contributed by atoms with Gasteiger partial charge in [-0.15, -0.1) is 24.8 Å². The number of imidazole rings is 1. The molecule has 6 heteroatoms. The molecule has 3 heterocycles. The molecule has 0 bridgehead atoms. The van der Waals surface area contributed by atoms with Gasteiger partial charge in [-0.25, -0.2) is 4.98 Å². The SMILES string of the molecule is Cc1ccc2nc(CN3CCCCC3C(C)N)cn2c1.Cl.Cl. The average Bonchev–Trinajstić information content (AvgIpc) is 2.80. The molecule has 2 atom stereocenters. The number of nitrogens with two attached hydrogens (primary N) is 1. The first kappa shape index (κ1) is 19.2. The molecule has 1 saturated heterocycles. The number of fused-ring (bicyclic) bond motifs is 1. The Morgan fingerprint density at radius 2 is 2.05 bits per heavy atom. The summed E-state index contributed by atoms with van der Waals surface area (Å²) in [5.41, 5.74) is 9.57. The highest BCUT2D eigenvalue weighted by Gasteiger charge is 2.25. The first-order chi connectivity index (χ1) is 9.63. The Hall–Kier alpha value is -0.810. The van der Waals surface area contributed by atoms with E-state index in [4.69, 9.17) is 10.7 Å². The van der Waals surface area contributed by atoms with Crippen molar-refractivity contribution in [2.75, 3.05) is 6.54 Å². The molecular weight excluding hydrogens is 319 g/mol. The molecule has 1 aliphatic heterocycles. The molecule has 0 amide bonds. The Balaban J connectivity index is 0.00000121. The average molecular weight is 345 g/mol. The van der Waals surface area contributed by atoms with Crippen molar-refractivity contribution in [2.24, 2.45) is 5.73 Å². The van der Waals surface area contributed by atoms with Crippen molar-refractivity contribution < 1.29 is 0 Å². The Bertz CT molecular complexity index is 597. The van der Waals surface area contributed by atoms with Gasteiger partial charge in [0.15, 0.2) is 0 Å². The summed E-state index contributed by atoms with van der Waals surface area (Å²) in [6.45, 7) is 6.28. The standard InChI is InChI=1S/C16H24N4.2ClH/c1-12-6-7-16-18-14(11-20(16)9-12)10-19-8-4-3-5-15(19)13(2)17;;/h6-7,9,11,13,15H,3-5,8,10,17H2,1-2H3;2*1H. The highest BCUT2D eigenvalue weighted by Crippen LogP contribution is 2.21. The molecule has 4 nitrogen and oxygen atoms in total. The van der Waals surface area contributed by atoms with Gasteiger partial charge in [-0.1, -0.05) is 12.5 Å². The van der Waals surface area contributed by atoms with E-state index in [0.717, 1.165) is 24.4 Å². The van der Waals surface area contributed by atoms with Gasteiger partial charge in [0.25, 0.3) is 0 Å². The van der Waals surface area contributed by atoms with Gasteiger partial charge in [0, 0.05) is 31.0 Å². The van der Waals surface area contributed by atoms with Crippen molar-refractivity contribution >= 4 is 30.5 Å². The summed E-state index contributed by atoms with van der Waals surface area (Å²) >= 11 is 0. The van der Waals surface area contributed by atoms with Gasteiger partial charge in [-0.3, -0.25) is 4.90 Å². The topological polar surface area (TPSA) is 46.6 Å². The van der Waals surface area contributed by atoms with Crippen LogP contribution in [0.25, 0.3) is 5.65 Å². The first-order valence-corrected chi connectivity index (χ1v) is 7.57. The molecule has 22 heavy (non-hydrogen) atoms. The Morgan fingerprint density at radius 3 is 2.77 bits per heavy atom. The van der Waals surface area contributed by atoms with Crippen LogP contribution in [-0.4, -0.2) is 32.9 Å². The van der Waals surface area contributed by atoms with Crippen molar-refractivity contribution in [3.63, 3.8) is 0 Å². The number of rotatable bonds is 3. The number of nitrogens with zero attached hydrogens (tertiary/aromatic N) is 3. The minimum Gasteiger partial charge on any atom is -0.327 e. The third-order valence-electron chi connectivity index (χ3n) is 4.29. The summed E-state index contributed by atoms with van der Waals surface area (Å²) in [7, 11) is 0. The zero-order valence-corrected chi connectivity index (χ0v) is 14.9. The van der Waals surface area contributed by atoms with Gasteiger partial charge in [-0.05, 0) is 44.9 Å². The summed E-state index contributed by atoms with van der Waals surface area (Å²) < 4.78 is 2.12. The number of halogens is 2. The minimum atomic E-state index is 0. The molecule has 2 N–H and O–H groups in total. The van der Waals surface area contributed by atoms with E-state index in [2.05, 4.69) is 47.7 Å². The van der Waals surface area contributed by atoms with Crippen LogP contribution in [0.2, 0.25) is 0 Å². The summed E-state index contributed by atoms with van der Waals surface area (Å²) in [6, 6.07) is 4.92. The Kier molecular flexibility index (Phi) is 7.13. The minimum absolute atomic E-state index is 0. The third-order valence-corrected chi connectivity index (χ3v) is 4.29. The predicted octanol–water partition coefficient (Wildman–Crippen LogP) is 3.19. The second-order valence-corrected chi connectivity index (χ2v) is 6.10. The van der Waals surface area contributed by atoms with Crippen LogP contribution in [0.15, 0.2) is 24.5 Å². The van der Waals surface area contributed by atoms with Crippen LogP contribution in [0.3, 0.4) is 0 Å². The summed E-state index contributed by atoms with van der Waals surface area (Å²) in [5, 5.41) is 0. The largest absolute Gasteiger partial charge is 0.327 e. The van der Waals surface area contributed by atoms with Gasteiger partial charge >= 0.3 is 0 Å². The number of aryl methyl sites for hydroxylation is 1. The Labute approximate surface area is 144 Å². The molecule has 1 aliphatic rings. The zero-order valence-electron chi connectivity index (χ0n) is 13.2. The maximum absolute atomic E-state index is 6.14. The zero-order chi connectivity index (χ0) is 14.1. The highest BCUT2D eigenvalue weighted by atomic mass is 35.5. The second kappa shape index (κ2) is 8.16. The number of piperidine rings is 1. The first-order valence-electron chi connectivity index (χ1n) is 7.57. The summed E-state index contributed by atoms with van der Waals surface area (Å²) in [6.07, 6.45) is 8.06. The van der Waals surface area contributed by atoms with Crippen LogP contribution in [0.1, 0.15) is 37.4 Å². The van der Waals surface area contributed by atoms with Crippen LogP contribution >= 0.6 is 24.8 Å². The lowest BCUT2D eigenvalue weighted by Gasteiger charge is -2.37. The van der Waals surface area contributed by atoms with Crippen LogP contribution in [0, 0.1) is 6.92 Å². The highest BCUT2D eigenvalue weighted by molar-refractivity contribution is 5.85. The maximum Gasteiger partial charge on any atom is 0.137 e. The number of pyridine rings is 1. The lowest BCUT2D eigenvalue weighted by atomic mass is 9.97. The monoisotopic (exact) mass is 344 g/mol. The van der Waals surface area contributed by atoms with E-state index in [9.17, 15) is 0 Å². The van der Waals surface area contributed by atoms with Crippen molar-refractivity contribution in [1.29, 1.82) is 0 Å². The molecular formula is C16H26Cl2N4. The van der Waals surface area contributed by atoms with E-state index in [1.165, 1.54) is 24.8 Å². The van der Waals surface area contributed by atoms with Crippen molar-refractivity contribution in [2.45, 2.75) is 51.7 Å². The molecule has 0 spiro atoms. The summed E-state index contributed by atoms with van der Waals surface area (Å²) in [5.74, 6) is 0. The van der Waals surface area contributed by atoms with Crippen LogP contribution in [0.4, 0.5) is 0 Å². The second-order valence-electron chi connectivity index (χ2n) is 6.10. The fourth-order valence-electron chi connectivity index (χ4n) is 3.25. The fraction of sp³-hybridized carbons (Fsp3) is 0.562. The van der Waals surface area contributed by atoms with E-state index in [0.29, 0.717) is 6.04 Å². The van der Waals surface area contributed by atoms with Crippen molar-refractivity contribution in [3.8, 4) is 0 Å². The third kappa shape index (κ3) is 4.13. The summed E-state index contributed by atoms with van der Waals surface area (Å²) in [4.78, 5) is 7.22. The van der Waals surface area contributed by atoms with Crippen LogP contribution in [-0.2, 0) is 6.54 Å². The smallest absolute Gasteiger partial charge is 0.137 e. The molecule has 2 unspecified atom stereocenters. The molecule has 0 aliphatic carbocycles. The van der Waals surface area contributed by atoms with Crippen molar-refractivity contribution in [1.82, 2.24) is 14.3 Å². The van der Waals surface area contributed by atoms with E-state index >= 15 is 0 Å². The van der Waals surface area contributed by atoms with Crippen LogP contribution in [0.5, 0.6) is 0 Å². The van der Waals surface area contributed by atoms with Gasteiger partial charge < -0.3 is 10.1 Å². The normalized spacial score (nSPS) is 20.2. The lowest BCUT2D eigenvalue weighted by molar-refractivity contribution is 0.121. The lowest BCUT2D eigenvalue weighted by Crippen LogP contribution is -2.48. The van der Waals surface area contributed by atoms with E-state index in [1.54, 1.807) is 0 Å². The molecule has 0 aromatic carbocycles. The predicted molar refractivity (Wildman–Crippen MR) is 96.1 cm³/mol. The number of likely N-dealkylation sites (tertiary alicyclic amines) is 1. The van der Waals surface area contributed by atoms with Crippen LogP contribution < -0.4 is 5.73 Å². The molecule has 2 aromatic heterocycles. The van der Waals surface area contributed by atoms with E-state index in [-0.39, 0.29) is 30.9 Å². The molecule has 0 saturated carbocycles. The van der Waals surface area contributed by atoms with Gasteiger partial charge in [0.05, 0.1) is 5.69 Å². The molecule has 0 radical (unpaired) electrons. The van der Waals surface area contributed by atoms with Gasteiger partial charge in [0.2, 0.25) is 0 Å². The van der Waals surface area contributed by atoms with Crippen molar-refractivity contribution in [3.05, 3.63) is 35.8 Å². The molecule has 124 valence electrons. The molecule has 2 aromatic rings. The van der Waals surface area contributed by atoms with E-state index in [1.807, 2.05) is 0 Å². The Morgan fingerprint density at radius 1 is 1.27 bits per heavy atom. The fourth-order valence-corrected chi connectivity index (χ4v) is 3.25. The van der Waals surface area contributed by atoms with Gasteiger partial charge in [0.1, 0.15) is 5.65 Å².